The Kier molecular flexibility index (Phi) is 2.71. The summed E-state index contributed by atoms with van der Waals surface area (Å²) in [5.41, 5.74) is 5.85. The molecule has 1 aromatic rings. The van der Waals surface area contributed by atoms with Gasteiger partial charge in [0.15, 0.2) is 0 Å². The second kappa shape index (κ2) is 3.82. The van der Waals surface area contributed by atoms with Crippen LogP contribution in [0.4, 0.5) is 0 Å². The second-order valence-electron chi connectivity index (χ2n) is 3.19. The Morgan fingerprint density at radius 1 is 1.62 bits per heavy atom. The number of hydrogen-bond donors (Lipinski definition) is 1. The number of rotatable bonds is 2. The fraction of sp³-hybridized carbons (Fsp3) is 0.625. The zero-order valence-electron chi connectivity index (χ0n) is 7.07. The fourth-order valence-electron chi connectivity index (χ4n) is 1.52. The summed E-state index contributed by atoms with van der Waals surface area (Å²) < 4.78 is 5.61. The Morgan fingerprint density at radius 2 is 2.46 bits per heavy atom. The Morgan fingerprint density at radius 3 is 3.00 bits per heavy atom. The summed E-state index contributed by atoms with van der Waals surface area (Å²) in [6.07, 6.45) is 3.34. The van der Waals surface area contributed by atoms with Gasteiger partial charge in [0.1, 0.15) is 11.3 Å². The van der Waals surface area contributed by atoms with E-state index in [4.69, 9.17) is 22.1 Å². The monoisotopic (exact) mass is 218 g/mol. The molecule has 5 heteroatoms. The van der Waals surface area contributed by atoms with Crippen molar-refractivity contribution in [3.8, 4) is 5.19 Å². The molecule has 0 spiro atoms. The van der Waals surface area contributed by atoms with Crippen molar-refractivity contribution < 1.29 is 4.74 Å². The summed E-state index contributed by atoms with van der Waals surface area (Å²) in [4.78, 5) is 4.01. The van der Waals surface area contributed by atoms with E-state index in [0.29, 0.717) is 10.3 Å². The minimum atomic E-state index is 0.127. The zero-order valence-corrected chi connectivity index (χ0v) is 8.64. The van der Waals surface area contributed by atoms with Crippen LogP contribution >= 0.6 is 22.9 Å². The van der Waals surface area contributed by atoms with Gasteiger partial charge >= 0.3 is 0 Å². The van der Waals surface area contributed by atoms with Gasteiger partial charge in [0.2, 0.25) is 0 Å². The van der Waals surface area contributed by atoms with Crippen molar-refractivity contribution in [3.05, 3.63) is 10.5 Å². The largest absolute Gasteiger partial charge is 0.465 e. The van der Waals surface area contributed by atoms with Gasteiger partial charge in [-0.1, -0.05) is 22.9 Å². The van der Waals surface area contributed by atoms with Crippen molar-refractivity contribution in [1.82, 2.24) is 4.98 Å². The minimum absolute atomic E-state index is 0.127. The van der Waals surface area contributed by atoms with Crippen molar-refractivity contribution in [1.29, 1.82) is 0 Å². The lowest BCUT2D eigenvalue weighted by Gasteiger charge is -2.14. The van der Waals surface area contributed by atoms with Crippen LogP contribution in [0, 0.1) is 0 Å². The number of nitrogens with zero attached hydrogens (tertiary/aromatic N) is 1. The highest BCUT2D eigenvalue weighted by molar-refractivity contribution is 7.11. The van der Waals surface area contributed by atoms with Crippen molar-refractivity contribution in [3.63, 3.8) is 0 Å². The van der Waals surface area contributed by atoms with E-state index in [-0.39, 0.29) is 12.1 Å². The molecule has 1 fully saturated rings. The molecule has 0 aromatic carbocycles. The lowest BCUT2D eigenvalue weighted by Crippen LogP contribution is -2.33. The Bertz CT molecular complexity index is 291. The highest BCUT2D eigenvalue weighted by Crippen LogP contribution is 2.27. The quantitative estimate of drug-likeness (QED) is 0.827. The molecule has 0 bridgehead atoms. The maximum absolute atomic E-state index is 5.85. The fourth-order valence-corrected chi connectivity index (χ4v) is 2.37. The van der Waals surface area contributed by atoms with Gasteiger partial charge in [0.25, 0.3) is 5.19 Å². The normalized spacial score (nSPS) is 27.8. The summed E-state index contributed by atoms with van der Waals surface area (Å²) >= 11 is 7.09. The molecule has 0 radical (unpaired) electrons. The van der Waals surface area contributed by atoms with Crippen LogP contribution in [-0.2, 0) is 0 Å². The molecule has 2 unspecified atom stereocenters. The molecule has 0 aliphatic heterocycles. The van der Waals surface area contributed by atoms with Crippen molar-refractivity contribution in [2.75, 3.05) is 0 Å². The van der Waals surface area contributed by atoms with Gasteiger partial charge in [0.05, 0.1) is 0 Å². The van der Waals surface area contributed by atoms with Crippen molar-refractivity contribution in [2.24, 2.45) is 5.73 Å². The van der Waals surface area contributed by atoms with Crippen LogP contribution in [-0.4, -0.2) is 17.1 Å². The molecule has 0 saturated heterocycles. The van der Waals surface area contributed by atoms with Gasteiger partial charge in [-0.15, -0.1) is 0 Å². The Balaban J connectivity index is 1.97. The summed E-state index contributed by atoms with van der Waals surface area (Å²) in [6, 6.07) is 0.155. The van der Waals surface area contributed by atoms with E-state index in [0.717, 1.165) is 19.3 Å². The average Bonchev–Trinajstić information content (AvgIpc) is 2.64. The molecule has 1 heterocycles. The molecule has 3 nitrogen and oxygen atoms in total. The van der Waals surface area contributed by atoms with E-state index in [1.807, 2.05) is 0 Å². The topological polar surface area (TPSA) is 48.1 Å². The van der Waals surface area contributed by atoms with Gasteiger partial charge < -0.3 is 10.5 Å². The molecule has 1 saturated carbocycles. The minimum Gasteiger partial charge on any atom is -0.465 e. The van der Waals surface area contributed by atoms with E-state index in [9.17, 15) is 0 Å². The highest BCUT2D eigenvalue weighted by atomic mass is 35.5. The number of thiazole rings is 1. The third kappa shape index (κ3) is 2.13. The molecule has 72 valence electrons. The predicted molar refractivity (Wildman–Crippen MR) is 53.4 cm³/mol. The van der Waals surface area contributed by atoms with Gasteiger partial charge in [-0.2, -0.15) is 4.98 Å². The van der Waals surface area contributed by atoms with E-state index in [1.54, 1.807) is 5.38 Å². The van der Waals surface area contributed by atoms with Crippen molar-refractivity contribution in [2.45, 2.75) is 31.4 Å². The molecular weight excluding hydrogens is 208 g/mol. The lowest BCUT2D eigenvalue weighted by atomic mass is 10.2. The van der Waals surface area contributed by atoms with Crippen molar-refractivity contribution >= 4 is 22.9 Å². The highest BCUT2D eigenvalue weighted by Gasteiger charge is 2.26. The first-order chi connectivity index (χ1) is 6.25. The molecule has 0 amide bonds. The third-order valence-corrected chi connectivity index (χ3v) is 3.26. The number of hydrogen-bond acceptors (Lipinski definition) is 4. The SMILES string of the molecule is NC1CCCC1Oc1nc(Cl)cs1. The van der Waals surface area contributed by atoms with E-state index in [2.05, 4.69) is 4.98 Å². The van der Waals surface area contributed by atoms with Gasteiger partial charge in [-0.25, -0.2) is 0 Å². The van der Waals surface area contributed by atoms with Crippen LogP contribution in [0.5, 0.6) is 5.19 Å². The Labute approximate surface area is 85.9 Å². The number of ether oxygens (including phenoxy) is 1. The van der Waals surface area contributed by atoms with Gasteiger partial charge in [-0.05, 0) is 19.3 Å². The van der Waals surface area contributed by atoms with Crippen LogP contribution in [0.15, 0.2) is 5.38 Å². The Hall–Kier alpha value is -0.320. The van der Waals surface area contributed by atoms with Crippen LogP contribution in [0.3, 0.4) is 0 Å². The molecule has 1 aliphatic rings. The molecule has 2 N–H and O–H groups in total. The summed E-state index contributed by atoms with van der Waals surface area (Å²) in [5.74, 6) is 0. The average molecular weight is 219 g/mol. The molecule has 13 heavy (non-hydrogen) atoms. The number of halogens is 1. The van der Waals surface area contributed by atoms with E-state index >= 15 is 0 Å². The standard InChI is InChI=1S/C8H11ClN2OS/c9-7-4-13-8(11-7)12-6-3-1-2-5(6)10/h4-6H,1-3,10H2. The van der Waals surface area contributed by atoms with Crippen LogP contribution < -0.4 is 10.5 Å². The zero-order chi connectivity index (χ0) is 9.26. The van der Waals surface area contributed by atoms with Gasteiger partial charge in [-0.3, -0.25) is 0 Å². The molecule has 1 aliphatic carbocycles. The summed E-state index contributed by atoms with van der Waals surface area (Å²) in [5, 5.41) is 2.89. The molecule has 1 aromatic heterocycles. The first-order valence-corrected chi connectivity index (χ1v) is 5.55. The maximum atomic E-state index is 5.85. The van der Waals surface area contributed by atoms with E-state index in [1.165, 1.54) is 11.3 Å². The molecule has 2 atom stereocenters. The van der Waals surface area contributed by atoms with Crippen LogP contribution in [0.25, 0.3) is 0 Å². The first-order valence-electron chi connectivity index (χ1n) is 4.29. The van der Waals surface area contributed by atoms with Crippen LogP contribution in [0.1, 0.15) is 19.3 Å². The number of aromatic nitrogens is 1. The van der Waals surface area contributed by atoms with Crippen LogP contribution in [0.2, 0.25) is 5.15 Å². The van der Waals surface area contributed by atoms with Gasteiger partial charge in [0, 0.05) is 11.4 Å². The second-order valence-corrected chi connectivity index (χ2v) is 4.40. The smallest absolute Gasteiger partial charge is 0.274 e. The maximum Gasteiger partial charge on any atom is 0.274 e. The molecule has 2 rings (SSSR count). The predicted octanol–water partition coefficient (Wildman–Crippen LogP) is 2.06. The third-order valence-electron chi connectivity index (χ3n) is 2.21. The molecular formula is C8H11ClN2OS. The summed E-state index contributed by atoms with van der Waals surface area (Å²) in [6.45, 7) is 0. The first kappa shape index (κ1) is 9.24. The van der Waals surface area contributed by atoms with E-state index < -0.39 is 0 Å². The lowest BCUT2D eigenvalue weighted by molar-refractivity contribution is 0.191. The summed E-state index contributed by atoms with van der Waals surface area (Å²) in [7, 11) is 0. The number of nitrogens with two attached hydrogens (primary N) is 1.